The molecule has 9 heteroatoms. The largest absolute Gasteiger partial charge is 0.386 e. The van der Waals surface area contributed by atoms with Crippen LogP contribution in [0.2, 0.25) is 0 Å². The van der Waals surface area contributed by atoms with E-state index in [0.717, 1.165) is 6.26 Å². The lowest BCUT2D eigenvalue weighted by atomic mass is 10.0. The summed E-state index contributed by atoms with van der Waals surface area (Å²) in [5.41, 5.74) is 0.307. The monoisotopic (exact) mass is 395 g/mol. The number of rotatable bonds is 9. The topological polar surface area (TPSA) is 101 Å². The van der Waals surface area contributed by atoms with Crippen LogP contribution in [-0.2, 0) is 24.6 Å². The number of thiol groups is 1. The van der Waals surface area contributed by atoms with E-state index in [4.69, 9.17) is 0 Å². The van der Waals surface area contributed by atoms with Crippen LogP contribution in [0.25, 0.3) is 0 Å². The maximum absolute atomic E-state index is 13.2. The molecule has 0 unspecified atom stereocenters. The van der Waals surface area contributed by atoms with Gasteiger partial charge in [0, 0.05) is 18.4 Å². The minimum atomic E-state index is -3.36. The van der Waals surface area contributed by atoms with Gasteiger partial charge in [0.1, 0.15) is 12.8 Å². The molecule has 0 aliphatic heterocycles. The Labute approximate surface area is 149 Å². The maximum Gasteiger partial charge on any atom is 0.220 e. The van der Waals surface area contributed by atoms with E-state index in [1.165, 1.54) is 24.3 Å². The number of carbonyl (C=O) groups excluding carboxylic acids is 1. The lowest BCUT2D eigenvalue weighted by Gasteiger charge is -2.22. The van der Waals surface area contributed by atoms with Crippen molar-refractivity contribution in [1.29, 1.82) is 0 Å². The summed E-state index contributed by atoms with van der Waals surface area (Å²) in [6, 6.07) is 4.29. The van der Waals surface area contributed by atoms with E-state index >= 15 is 0 Å². The van der Waals surface area contributed by atoms with Gasteiger partial charge in [0.2, 0.25) is 5.91 Å². The van der Waals surface area contributed by atoms with Crippen molar-refractivity contribution in [3.63, 3.8) is 0 Å². The van der Waals surface area contributed by atoms with Gasteiger partial charge in [-0.3, -0.25) is 9.00 Å². The van der Waals surface area contributed by atoms with Crippen LogP contribution < -0.4 is 5.32 Å². The molecule has 0 aliphatic carbocycles. The van der Waals surface area contributed by atoms with Crippen LogP contribution in [-0.4, -0.2) is 60.9 Å². The number of hydrogen-bond donors (Lipinski definition) is 3. The van der Waals surface area contributed by atoms with E-state index in [1.54, 1.807) is 12.5 Å². The van der Waals surface area contributed by atoms with Crippen LogP contribution in [0, 0.1) is 0 Å². The van der Waals surface area contributed by atoms with Gasteiger partial charge in [-0.15, -0.1) is 9.93 Å². The molecule has 0 saturated heterocycles. The molecule has 144 valence electrons. The summed E-state index contributed by atoms with van der Waals surface area (Å²) in [5, 5.41) is 12.7. The third kappa shape index (κ3) is 7.62. The molecular formula is C16H26FNO5S2. The molecule has 1 aromatic carbocycles. The lowest BCUT2D eigenvalue weighted by Crippen LogP contribution is -2.41. The SMILES string of the molecule is CS(=O)(=O)c1ccc([C@H](O)[C@H](CF)NC(=O)CCC[SH](C)(C)=O)cc1. The zero-order valence-electron chi connectivity index (χ0n) is 14.6. The molecule has 0 aromatic heterocycles. The second-order valence-corrected chi connectivity index (χ2v) is 12.1. The number of hydrogen-bond acceptors (Lipinski definition) is 5. The zero-order valence-corrected chi connectivity index (χ0v) is 16.3. The molecule has 0 heterocycles. The molecule has 1 rings (SSSR count). The van der Waals surface area contributed by atoms with Gasteiger partial charge in [-0.1, -0.05) is 12.1 Å². The molecular weight excluding hydrogens is 369 g/mol. The van der Waals surface area contributed by atoms with Crippen LogP contribution in [0.5, 0.6) is 0 Å². The molecule has 2 N–H and O–H groups in total. The number of carbonyl (C=O) groups is 1. The van der Waals surface area contributed by atoms with Gasteiger partial charge in [-0.25, -0.2) is 12.8 Å². The van der Waals surface area contributed by atoms with E-state index in [0.29, 0.717) is 17.7 Å². The van der Waals surface area contributed by atoms with Gasteiger partial charge in [-0.05, 0) is 36.6 Å². The number of amides is 1. The Kier molecular flexibility index (Phi) is 7.70. The Morgan fingerprint density at radius 3 is 2.28 bits per heavy atom. The predicted octanol–water partition coefficient (Wildman–Crippen LogP) is 0.634. The van der Waals surface area contributed by atoms with Crippen molar-refractivity contribution < 1.29 is 26.9 Å². The van der Waals surface area contributed by atoms with Gasteiger partial charge in [0.05, 0.1) is 10.9 Å². The summed E-state index contributed by atoms with van der Waals surface area (Å²) in [5.74, 6) is -0.00106. The normalized spacial score (nSPS) is 15.4. The first kappa shape index (κ1) is 21.7. The average Bonchev–Trinajstić information content (AvgIpc) is 2.50. The highest BCUT2D eigenvalue weighted by Crippen LogP contribution is 2.20. The third-order valence-electron chi connectivity index (χ3n) is 3.64. The van der Waals surface area contributed by atoms with E-state index in [-0.39, 0.29) is 11.3 Å². The van der Waals surface area contributed by atoms with Gasteiger partial charge in [-0.2, -0.15) is 0 Å². The lowest BCUT2D eigenvalue weighted by molar-refractivity contribution is -0.122. The molecule has 0 radical (unpaired) electrons. The summed E-state index contributed by atoms with van der Waals surface area (Å²) in [6.45, 7) is -0.971. The van der Waals surface area contributed by atoms with E-state index in [9.17, 15) is 26.9 Å². The Bertz CT molecular complexity index is 727. The van der Waals surface area contributed by atoms with Crippen molar-refractivity contribution in [2.24, 2.45) is 0 Å². The molecule has 0 saturated carbocycles. The van der Waals surface area contributed by atoms with Crippen LogP contribution in [0.3, 0.4) is 0 Å². The van der Waals surface area contributed by atoms with Crippen molar-refractivity contribution in [2.45, 2.75) is 29.9 Å². The Morgan fingerprint density at radius 1 is 1.28 bits per heavy atom. The van der Waals surface area contributed by atoms with Crippen molar-refractivity contribution in [3.05, 3.63) is 29.8 Å². The van der Waals surface area contributed by atoms with Gasteiger partial charge in [0.25, 0.3) is 0 Å². The fourth-order valence-corrected chi connectivity index (χ4v) is 3.80. The number of sulfone groups is 1. The molecule has 0 spiro atoms. The van der Waals surface area contributed by atoms with Gasteiger partial charge >= 0.3 is 0 Å². The van der Waals surface area contributed by atoms with Crippen molar-refractivity contribution in [3.8, 4) is 0 Å². The molecule has 25 heavy (non-hydrogen) atoms. The van der Waals surface area contributed by atoms with Crippen LogP contribution in [0.15, 0.2) is 29.2 Å². The molecule has 0 bridgehead atoms. The smallest absolute Gasteiger partial charge is 0.220 e. The third-order valence-corrected chi connectivity index (χ3v) is 6.17. The quantitative estimate of drug-likeness (QED) is 0.533. The number of benzene rings is 1. The predicted molar refractivity (Wildman–Crippen MR) is 97.9 cm³/mol. The molecule has 0 aliphatic rings. The van der Waals surface area contributed by atoms with Gasteiger partial charge < -0.3 is 10.4 Å². The van der Waals surface area contributed by atoms with Crippen molar-refractivity contribution in [1.82, 2.24) is 5.32 Å². The maximum atomic E-state index is 13.2. The first-order valence-electron chi connectivity index (χ1n) is 7.81. The molecule has 2 atom stereocenters. The minimum Gasteiger partial charge on any atom is -0.386 e. The molecule has 6 nitrogen and oxygen atoms in total. The highest BCUT2D eigenvalue weighted by Gasteiger charge is 2.23. The number of nitrogens with one attached hydrogen (secondary N) is 1. The standard InChI is InChI=1S/C16H26FNO5S2/c1-24(2,21)10-4-5-15(19)18-14(11-17)16(20)12-6-8-13(9-7-12)25(3,22)23/h6-9,14,16,20,24H,4-5,10-11H2,1-3H3,(H,18,19)/t14-,16-/m0/s1. The van der Waals surface area contributed by atoms with Crippen molar-refractivity contribution >= 4 is 25.7 Å². The zero-order chi connectivity index (χ0) is 19.3. The Morgan fingerprint density at radius 2 is 1.84 bits per heavy atom. The van der Waals surface area contributed by atoms with Crippen LogP contribution in [0.4, 0.5) is 4.39 Å². The fraction of sp³-hybridized carbons (Fsp3) is 0.562. The van der Waals surface area contributed by atoms with Crippen LogP contribution in [0.1, 0.15) is 24.5 Å². The highest BCUT2D eigenvalue weighted by atomic mass is 32.2. The fourth-order valence-electron chi connectivity index (χ4n) is 2.25. The molecule has 1 amide bonds. The highest BCUT2D eigenvalue weighted by molar-refractivity contribution is 8.01. The first-order chi connectivity index (χ1) is 11.4. The summed E-state index contributed by atoms with van der Waals surface area (Å²) < 4.78 is 47.7. The van der Waals surface area contributed by atoms with Crippen LogP contribution >= 0.6 is 0 Å². The summed E-state index contributed by atoms with van der Waals surface area (Å²) >= 11 is 0. The minimum absolute atomic E-state index is 0.0906. The summed E-state index contributed by atoms with van der Waals surface area (Å²) in [4.78, 5) is 12.0. The molecule has 1 aromatic rings. The average molecular weight is 396 g/mol. The van der Waals surface area contributed by atoms with E-state index in [1.807, 2.05) is 0 Å². The summed E-state index contributed by atoms with van der Waals surface area (Å²) in [7, 11) is -5.56. The Hall–Kier alpha value is -1.32. The van der Waals surface area contributed by atoms with Crippen molar-refractivity contribution in [2.75, 3.05) is 31.2 Å². The number of halogens is 1. The number of aliphatic hydroxyl groups excluding tert-OH is 1. The summed E-state index contributed by atoms with van der Waals surface area (Å²) in [6.07, 6.45) is 3.56. The molecule has 0 fully saturated rings. The van der Waals surface area contributed by atoms with Gasteiger partial charge in [0.15, 0.2) is 9.84 Å². The number of aliphatic hydroxyl groups is 1. The van der Waals surface area contributed by atoms with E-state index < -0.39 is 44.5 Å². The van der Waals surface area contributed by atoms with E-state index in [2.05, 4.69) is 5.32 Å². The Balaban J connectivity index is 2.69. The second kappa shape index (κ2) is 8.86. The second-order valence-electron chi connectivity index (χ2n) is 6.52. The number of alkyl halides is 1. The first-order valence-corrected chi connectivity index (χ1v) is 12.5.